The van der Waals surface area contributed by atoms with Gasteiger partial charge in [0.05, 0.1) is 6.54 Å². The molecule has 1 rings (SSSR count). The quantitative estimate of drug-likeness (QED) is 0.332. The number of benzene rings is 1. The van der Waals surface area contributed by atoms with E-state index in [0.29, 0.717) is 6.61 Å². The van der Waals surface area contributed by atoms with Crippen LogP contribution in [0.15, 0.2) is 35.3 Å². The van der Waals surface area contributed by atoms with E-state index in [9.17, 15) is 0 Å². The van der Waals surface area contributed by atoms with Crippen molar-refractivity contribution in [2.24, 2.45) is 4.99 Å². The highest BCUT2D eigenvalue weighted by Gasteiger charge is 1.96. The summed E-state index contributed by atoms with van der Waals surface area (Å²) in [7, 11) is 1.78. The maximum absolute atomic E-state index is 5.58. The van der Waals surface area contributed by atoms with E-state index < -0.39 is 0 Å². The van der Waals surface area contributed by atoms with Crippen molar-refractivity contribution in [1.82, 2.24) is 10.6 Å². The second-order valence-electron chi connectivity index (χ2n) is 3.94. The maximum Gasteiger partial charge on any atom is 0.191 e. The van der Waals surface area contributed by atoms with Crippen LogP contribution in [0.5, 0.6) is 5.75 Å². The molecule has 0 atom stereocenters. The van der Waals surface area contributed by atoms with Gasteiger partial charge in [-0.2, -0.15) is 0 Å². The number of rotatable bonds is 7. The molecule has 0 fully saturated rings. The van der Waals surface area contributed by atoms with Crippen LogP contribution in [0.3, 0.4) is 0 Å². The van der Waals surface area contributed by atoms with Gasteiger partial charge in [0.25, 0.3) is 0 Å². The third kappa shape index (κ3) is 8.69. The number of nitrogens with one attached hydrogen (secondary N) is 2. The lowest BCUT2D eigenvalue weighted by atomic mass is 10.3. The molecule has 0 bridgehead atoms. The minimum absolute atomic E-state index is 0. The zero-order valence-corrected chi connectivity index (χ0v) is 14.0. The molecule has 19 heavy (non-hydrogen) atoms. The topological polar surface area (TPSA) is 45.7 Å². The Hall–Kier alpha value is -0.980. The number of aliphatic imine (C=N–C) groups is 1. The molecule has 108 valence electrons. The van der Waals surface area contributed by atoms with E-state index >= 15 is 0 Å². The van der Waals surface area contributed by atoms with Gasteiger partial charge in [0.15, 0.2) is 5.96 Å². The fourth-order valence-electron chi connectivity index (χ4n) is 1.46. The Bertz CT molecular complexity index is 344. The molecular weight excluding hydrogens is 353 g/mol. The fourth-order valence-corrected chi connectivity index (χ4v) is 1.46. The summed E-state index contributed by atoms with van der Waals surface area (Å²) in [6.45, 7) is 4.49. The normalized spacial score (nSPS) is 10.5. The Kier molecular flexibility index (Phi) is 11.5. The summed E-state index contributed by atoms with van der Waals surface area (Å²) in [6, 6.07) is 9.81. The first-order chi connectivity index (χ1) is 8.86. The van der Waals surface area contributed by atoms with Crippen LogP contribution < -0.4 is 15.4 Å². The standard InChI is InChI=1S/C14H23N3O.HI/c1-3-4-10-16-14(15-2)17-11-12-18-13-8-6-5-7-9-13;/h5-9H,3-4,10-12H2,1-2H3,(H2,15,16,17);1H. The van der Waals surface area contributed by atoms with Gasteiger partial charge in [0.2, 0.25) is 0 Å². The highest BCUT2D eigenvalue weighted by Crippen LogP contribution is 2.07. The number of hydrogen-bond donors (Lipinski definition) is 2. The Morgan fingerprint density at radius 1 is 1.16 bits per heavy atom. The van der Waals surface area contributed by atoms with Gasteiger partial charge in [0.1, 0.15) is 12.4 Å². The molecule has 0 aliphatic heterocycles. The molecule has 0 aliphatic carbocycles. The maximum atomic E-state index is 5.58. The van der Waals surface area contributed by atoms with Crippen LogP contribution in [0, 0.1) is 0 Å². The Balaban J connectivity index is 0.00000324. The van der Waals surface area contributed by atoms with Crippen LogP contribution in [0.1, 0.15) is 19.8 Å². The second-order valence-corrected chi connectivity index (χ2v) is 3.94. The molecule has 0 aromatic heterocycles. The van der Waals surface area contributed by atoms with Gasteiger partial charge in [-0.25, -0.2) is 0 Å². The average Bonchev–Trinajstić information content (AvgIpc) is 2.43. The molecular formula is C14H24IN3O. The first-order valence-corrected chi connectivity index (χ1v) is 6.49. The van der Waals surface area contributed by atoms with E-state index in [4.69, 9.17) is 4.74 Å². The van der Waals surface area contributed by atoms with Gasteiger partial charge in [-0.05, 0) is 18.6 Å². The molecule has 0 amide bonds. The number of guanidine groups is 1. The monoisotopic (exact) mass is 377 g/mol. The number of halogens is 1. The Labute approximate surface area is 133 Å². The SMILES string of the molecule is CCCCNC(=NC)NCCOc1ccccc1.I. The predicted octanol–water partition coefficient (Wildman–Crippen LogP) is 2.65. The zero-order valence-electron chi connectivity index (χ0n) is 11.7. The second kappa shape index (κ2) is 12.1. The van der Waals surface area contributed by atoms with Gasteiger partial charge in [-0.1, -0.05) is 31.5 Å². The molecule has 4 nitrogen and oxygen atoms in total. The zero-order chi connectivity index (χ0) is 13.1. The van der Waals surface area contributed by atoms with E-state index in [-0.39, 0.29) is 24.0 Å². The van der Waals surface area contributed by atoms with Crippen molar-refractivity contribution in [3.8, 4) is 5.75 Å². The first-order valence-electron chi connectivity index (χ1n) is 6.49. The average molecular weight is 377 g/mol. The van der Waals surface area contributed by atoms with E-state index in [0.717, 1.165) is 31.2 Å². The molecule has 0 unspecified atom stereocenters. The van der Waals surface area contributed by atoms with Crippen LogP contribution in [-0.4, -0.2) is 32.7 Å². The lowest BCUT2D eigenvalue weighted by molar-refractivity contribution is 0.322. The Morgan fingerprint density at radius 2 is 1.84 bits per heavy atom. The summed E-state index contributed by atoms with van der Waals surface area (Å²) in [5.74, 6) is 1.73. The molecule has 0 saturated heterocycles. The number of nitrogens with zero attached hydrogens (tertiary/aromatic N) is 1. The Morgan fingerprint density at radius 3 is 2.47 bits per heavy atom. The fraction of sp³-hybridized carbons (Fsp3) is 0.500. The largest absolute Gasteiger partial charge is 0.492 e. The minimum Gasteiger partial charge on any atom is -0.492 e. The number of unbranched alkanes of at least 4 members (excludes halogenated alkanes) is 1. The third-order valence-electron chi connectivity index (χ3n) is 2.45. The molecule has 0 spiro atoms. The van der Waals surface area contributed by atoms with Gasteiger partial charge in [0, 0.05) is 13.6 Å². The molecule has 2 N–H and O–H groups in total. The smallest absolute Gasteiger partial charge is 0.191 e. The minimum atomic E-state index is 0. The van der Waals surface area contributed by atoms with Crippen molar-refractivity contribution >= 4 is 29.9 Å². The van der Waals surface area contributed by atoms with E-state index in [1.54, 1.807) is 7.05 Å². The first kappa shape index (κ1) is 18.0. The summed E-state index contributed by atoms with van der Waals surface area (Å²) < 4.78 is 5.58. The van der Waals surface area contributed by atoms with Crippen LogP contribution in [0.2, 0.25) is 0 Å². The molecule has 1 aromatic rings. The van der Waals surface area contributed by atoms with E-state index in [1.165, 1.54) is 6.42 Å². The van der Waals surface area contributed by atoms with Gasteiger partial charge >= 0.3 is 0 Å². The van der Waals surface area contributed by atoms with Crippen LogP contribution in [-0.2, 0) is 0 Å². The molecule has 0 aliphatic rings. The predicted molar refractivity (Wildman–Crippen MR) is 91.6 cm³/mol. The van der Waals surface area contributed by atoms with Crippen LogP contribution in [0.4, 0.5) is 0 Å². The molecule has 0 heterocycles. The molecule has 5 heteroatoms. The number of ether oxygens (including phenoxy) is 1. The number of para-hydroxylation sites is 1. The van der Waals surface area contributed by atoms with Crippen molar-refractivity contribution in [2.45, 2.75) is 19.8 Å². The van der Waals surface area contributed by atoms with Gasteiger partial charge in [-0.3, -0.25) is 4.99 Å². The summed E-state index contributed by atoms with van der Waals surface area (Å²) in [5.41, 5.74) is 0. The summed E-state index contributed by atoms with van der Waals surface area (Å²) >= 11 is 0. The lowest BCUT2D eigenvalue weighted by Gasteiger charge is -2.12. The highest BCUT2D eigenvalue weighted by molar-refractivity contribution is 14.0. The highest BCUT2D eigenvalue weighted by atomic mass is 127. The summed E-state index contributed by atoms with van der Waals surface area (Å²) in [5, 5.41) is 6.46. The van der Waals surface area contributed by atoms with Gasteiger partial charge < -0.3 is 15.4 Å². The summed E-state index contributed by atoms with van der Waals surface area (Å²) in [6.07, 6.45) is 2.34. The van der Waals surface area contributed by atoms with Crippen molar-refractivity contribution < 1.29 is 4.74 Å². The van der Waals surface area contributed by atoms with E-state index in [2.05, 4.69) is 22.5 Å². The number of hydrogen-bond acceptors (Lipinski definition) is 2. The summed E-state index contributed by atoms with van der Waals surface area (Å²) in [4.78, 5) is 4.14. The molecule has 1 aromatic carbocycles. The van der Waals surface area contributed by atoms with E-state index in [1.807, 2.05) is 30.3 Å². The third-order valence-corrected chi connectivity index (χ3v) is 2.45. The van der Waals surface area contributed by atoms with Crippen molar-refractivity contribution in [3.05, 3.63) is 30.3 Å². The van der Waals surface area contributed by atoms with Crippen LogP contribution >= 0.6 is 24.0 Å². The molecule has 0 saturated carbocycles. The van der Waals surface area contributed by atoms with Crippen molar-refractivity contribution in [2.75, 3.05) is 26.7 Å². The van der Waals surface area contributed by atoms with Crippen LogP contribution in [0.25, 0.3) is 0 Å². The molecule has 0 radical (unpaired) electrons. The van der Waals surface area contributed by atoms with Gasteiger partial charge in [-0.15, -0.1) is 24.0 Å². The van der Waals surface area contributed by atoms with Crippen molar-refractivity contribution in [3.63, 3.8) is 0 Å². The lowest BCUT2D eigenvalue weighted by Crippen LogP contribution is -2.39. The van der Waals surface area contributed by atoms with Crippen molar-refractivity contribution in [1.29, 1.82) is 0 Å².